The fourth-order valence-corrected chi connectivity index (χ4v) is 3.46. The summed E-state index contributed by atoms with van der Waals surface area (Å²) in [7, 11) is 0. The van der Waals surface area contributed by atoms with Gasteiger partial charge in [0.25, 0.3) is 5.91 Å². The summed E-state index contributed by atoms with van der Waals surface area (Å²) in [6, 6.07) is 9.18. The summed E-state index contributed by atoms with van der Waals surface area (Å²) in [5.74, 6) is -0.659. The van der Waals surface area contributed by atoms with Crippen molar-refractivity contribution in [2.24, 2.45) is 0 Å². The SMILES string of the molecule is Cc1ccc(N2CCN(C(=O)c3ccc(C(F)(F)F)cc3)[C@@H](C)C2=O)c(C)c1. The summed E-state index contributed by atoms with van der Waals surface area (Å²) < 4.78 is 38.1. The van der Waals surface area contributed by atoms with Crippen molar-refractivity contribution in [3.63, 3.8) is 0 Å². The molecule has 1 aliphatic rings. The molecule has 0 radical (unpaired) electrons. The number of piperazine rings is 1. The van der Waals surface area contributed by atoms with E-state index in [1.807, 2.05) is 32.0 Å². The molecule has 3 rings (SSSR count). The third kappa shape index (κ3) is 3.74. The van der Waals surface area contributed by atoms with Gasteiger partial charge in [0.2, 0.25) is 5.91 Å². The molecule has 0 bridgehead atoms. The van der Waals surface area contributed by atoms with Crippen LogP contribution in [-0.2, 0) is 11.0 Å². The summed E-state index contributed by atoms with van der Waals surface area (Å²) >= 11 is 0. The van der Waals surface area contributed by atoms with Crippen LogP contribution in [0.25, 0.3) is 0 Å². The Morgan fingerprint density at radius 2 is 1.68 bits per heavy atom. The van der Waals surface area contributed by atoms with E-state index in [2.05, 4.69) is 0 Å². The molecule has 1 aliphatic heterocycles. The van der Waals surface area contributed by atoms with Crippen LogP contribution >= 0.6 is 0 Å². The number of hydrogen-bond donors (Lipinski definition) is 0. The van der Waals surface area contributed by atoms with Crippen LogP contribution in [0.15, 0.2) is 42.5 Å². The number of aryl methyl sites for hydroxylation is 2. The molecule has 1 saturated heterocycles. The molecule has 0 aromatic heterocycles. The summed E-state index contributed by atoms with van der Waals surface area (Å²) in [6.07, 6.45) is -4.46. The Balaban J connectivity index is 1.79. The first kappa shape index (κ1) is 19.9. The maximum atomic E-state index is 12.9. The average Bonchev–Trinajstić information content (AvgIpc) is 2.63. The maximum absolute atomic E-state index is 12.9. The van der Waals surface area contributed by atoms with E-state index < -0.39 is 23.7 Å². The molecular weight excluding hydrogens is 369 g/mol. The zero-order valence-corrected chi connectivity index (χ0v) is 15.9. The van der Waals surface area contributed by atoms with Crippen molar-refractivity contribution in [1.82, 2.24) is 4.90 Å². The van der Waals surface area contributed by atoms with Crippen LogP contribution in [0.5, 0.6) is 0 Å². The lowest BCUT2D eigenvalue weighted by Gasteiger charge is -2.39. The van der Waals surface area contributed by atoms with Gasteiger partial charge in [-0.15, -0.1) is 0 Å². The minimum absolute atomic E-state index is 0.132. The molecule has 1 atom stereocenters. The lowest BCUT2D eigenvalue weighted by molar-refractivity contribution is -0.137. The number of nitrogens with zero attached hydrogens (tertiary/aromatic N) is 2. The number of benzene rings is 2. The molecule has 148 valence electrons. The van der Waals surface area contributed by atoms with Gasteiger partial charge >= 0.3 is 6.18 Å². The highest BCUT2D eigenvalue weighted by Crippen LogP contribution is 2.30. The van der Waals surface area contributed by atoms with Crippen LogP contribution in [0.2, 0.25) is 0 Å². The molecule has 0 spiro atoms. The average molecular weight is 390 g/mol. The van der Waals surface area contributed by atoms with Gasteiger partial charge < -0.3 is 9.80 Å². The molecule has 0 aliphatic carbocycles. The molecule has 2 amide bonds. The van der Waals surface area contributed by atoms with Gasteiger partial charge in [-0.1, -0.05) is 17.7 Å². The van der Waals surface area contributed by atoms with Crippen LogP contribution in [0.4, 0.5) is 18.9 Å². The summed E-state index contributed by atoms with van der Waals surface area (Å²) in [4.78, 5) is 28.7. The van der Waals surface area contributed by atoms with Gasteiger partial charge in [0.15, 0.2) is 0 Å². The lowest BCUT2D eigenvalue weighted by atomic mass is 10.0. The van der Waals surface area contributed by atoms with Gasteiger partial charge in [0, 0.05) is 24.3 Å². The summed E-state index contributed by atoms with van der Waals surface area (Å²) in [5, 5.41) is 0. The normalized spacial score (nSPS) is 17.8. The number of rotatable bonds is 2. The maximum Gasteiger partial charge on any atom is 0.416 e. The Kier molecular flexibility index (Phi) is 5.19. The van der Waals surface area contributed by atoms with Crippen molar-refractivity contribution in [3.8, 4) is 0 Å². The second kappa shape index (κ2) is 7.30. The standard InChI is InChI=1S/C21H21F3N2O2/c1-13-4-9-18(14(2)12-13)26-11-10-25(15(3)19(26)27)20(28)16-5-7-17(8-6-16)21(22,23)24/h4-9,12,15H,10-11H2,1-3H3/t15-/m0/s1. The minimum Gasteiger partial charge on any atom is -0.325 e. The van der Waals surface area contributed by atoms with Crippen LogP contribution in [0, 0.1) is 13.8 Å². The molecule has 0 N–H and O–H groups in total. The molecule has 1 heterocycles. The third-order valence-corrected chi connectivity index (χ3v) is 5.02. The van der Waals surface area contributed by atoms with Crippen molar-refractivity contribution in [3.05, 3.63) is 64.7 Å². The predicted octanol–water partition coefficient (Wildman–Crippen LogP) is 4.20. The van der Waals surface area contributed by atoms with Crippen LogP contribution in [-0.4, -0.2) is 35.8 Å². The van der Waals surface area contributed by atoms with Gasteiger partial charge in [0.1, 0.15) is 6.04 Å². The van der Waals surface area contributed by atoms with E-state index in [0.717, 1.165) is 41.1 Å². The van der Waals surface area contributed by atoms with E-state index >= 15 is 0 Å². The predicted molar refractivity (Wildman–Crippen MR) is 100 cm³/mol. The lowest BCUT2D eigenvalue weighted by Crippen LogP contribution is -2.57. The molecule has 4 nitrogen and oxygen atoms in total. The number of halogens is 3. The van der Waals surface area contributed by atoms with Crippen molar-refractivity contribution < 1.29 is 22.8 Å². The van der Waals surface area contributed by atoms with E-state index in [0.29, 0.717) is 13.1 Å². The molecule has 0 saturated carbocycles. The summed E-state index contributed by atoms with van der Waals surface area (Å²) in [6.45, 7) is 6.18. The zero-order valence-electron chi connectivity index (χ0n) is 15.9. The first-order valence-corrected chi connectivity index (χ1v) is 8.96. The third-order valence-electron chi connectivity index (χ3n) is 5.02. The Hall–Kier alpha value is -2.83. The highest BCUT2D eigenvalue weighted by atomic mass is 19.4. The van der Waals surface area contributed by atoms with Gasteiger partial charge in [0.05, 0.1) is 5.56 Å². The van der Waals surface area contributed by atoms with Gasteiger partial charge in [-0.25, -0.2) is 0 Å². The van der Waals surface area contributed by atoms with E-state index in [-0.39, 0.29) is 11.5 Å². The zero-order chi connectivity index (χ0) is 20.6. The van der Waals surface area contributed by atoms with Crippen molar-refractivity contribution in [2.75, 3.05) is 18.0 Å². The molecular formula is C21H21F3N2O2. The Morgan fingerprint density at radius 1 is 1.04 bits per heavy atom. The summed E-state index contributed by atoms with van der Waals surface area (Å²) in [5.41, 5.74) is 2.20. The van der Waals surface area contributed by atoms with E-state index in [4.69, 9.17) is 0 Å². The number of carbonyl (C=O) groups excluding carboxylic acids is 2. The van der Waals surface area contributed by atoms with Crippen molar-refractivity contribution in [1.29, 1.82) is 0 Å². The Labute approximate surface area is 161 Å². The molecule has 28 heavy (non-hydrogen) atoms. The topological polar surface area (TPSA) is 40.6 Å². The fraction of sp³-hybridized carbons (Fsp3) is 0.333. The van der Waals surface area contributed by atoms with E-state index in [9.17, 15) is 22.8 Å². The fourth-order valence-electron chi connectivity index (χ4n) is 3.46. The van der Waals surface area contributed by atoms with Gasteiger partial charge in [-0.2, -0.15) is 13.2 Å². The molecule has 0 unspecified atom stereocenters. The number of hydrogen-bond acceptors (Lipinski definition) is 2. The van der Waals surface area contributed by atoms with Crippen LogP contribution in [0.3, 0.4) is 0 Å². The Bertz CT molecular complexity index is 907. The first-order chi connectivity index (χ1) is 13.1. The monoisotopic (exact) mass is 390 g/mol. The first-order valence-electron chi connectivity index (χ1n) is 8.96. The number of anilines is 1. The minimum atomic E-state index is -4.46. The van der Waals surface area contributed by atoms with Gasteiger partial charge in [-0.05, 0) is 56.7 Å². The van der Waals surface area contributed by atoms with Crippen molar-refractivity contribution >= 4 is 17.5 Å². The highest BCUT2D eigenvalue weighted by Gasteiger charge is 2.36. The second-order valence-corrected chi connectivity index (χ2v) is 7.03. The highest BCUT2D eigenvalue weighted by molar-refractivity contribution is 6.03. The number of carbonyl (C=O) groups is 2. The number of alkyl halides is 3. The molecule has 7 heteroatoms. The van der Waals surface area contributed by atoms with Crippen LogP contribution < -0.4 is 4.90 Å². The van der Waals surface area contributed by atoms with Crippen molar-refractivity contribution in [2.45, 2.75) is 33.0 Å². The molecule has 1 fully saturated rings. The quantitative estimate of drug-likeness (QED) is 0.771. The molecule has 2 aromatic rings. The number of amides is 2. The van der Waals surface area contributed by atoms with E-state index in [1.54, 1.807) is 11.8 Å². The largest absolute Gasteiger partial charge is 0.416 e. The second-order valence-electron chi connectivity index (χ2n) is 7.03. The smallest absolute Gasteiger partial charge is 0.325 e. The van der Waals surface area contributed by atoms with E-state index in [1.165, 1.54) is 4.90 Å². The van der Waals surface area contributed by atoms with Gasteiger partial charge in [-0.3, -0.25) is 9.59 Å². The Morgan fingerprint density at radius 3 is 2.25 bits per heavy atom. The molecule has 2 aromatic carbocycles. The van der Waals surface area contributed by atoms with Crippen LogP contribution in [0.1, 0.15) is 34.0 Å².